The average molecular weight is 376 g/mol. The number of hydrogen-bond acceptors (Lipinski definition) is 6. The molecule has 2 fully saturated rings. The first-order valence-electron chi connectivity index (χ1n) is 8.10. The fourth-order valence-electron chi connectivity index (χ4n) is 3.19. The minimum Gasteiger partial charge on any atom is -0.495 e. The summed E-state index contributed by atoms with van der Waals surface area (Å²) in [6.45, 7) is 5.18. The Morgan fingerprint density at radius 1 is 1.38 bits per heavy atom. The first kappa shape index (κ1) is 18.3. The number of aryl methyl sites for hydroxylation is 1. The van der Waals surface area contributed by atoms with E-state index in [0.29, 0.717) is 11.4 Å². The number of carbonyl (C=O) groups is 3. The molecule has 2 aliphatic heterocycles. The van der Waals surface area contributed by atoms with Crippen LogP contribution in [0.25, 0.3) is 0 Å². The van der Waals surface area contributed by atoms with E-state index in [1.165, 1.54) is 17.1 Å². The molecule has 2 heterocycles. The highest BCUT2D eigenvalue weighted by Gasteiger charge is 2.56. The monoisotopic (exact) mass is 376 g/mol. The molecule has 138 valence electrons. The Bertz CT molecular complexity index is 823. The summed E-state index contributed by atoms with van der Waals surface area (Å²) in [6.07, 6.45) is -0.0709. The standard InChI is InChI=1S/C17H20N4O4S/c1-9-5-6-12(25-4)10(7-9)18-14(23)11-8-13(22)20-16(26)19-15(24)17(2,3)21(11)20/h5-7,11H,8H2,1-4H3,(H,18,23)(H,19,24,26). The Hall–Kier alpha value is -2.52. The van der Waals surface area contributed by atoms with Crippen LogP contribution in [0, 0.1) is 6.92 Å². The largest absolute Gasteiger partial charge is 0.495 e. The van der Waals surface area contributed by atoms with Crippen LogP contribution in [0.15, 0.2) is 18.2 Å². The van der Waals surface area contributed by atoms with E-state index in [-0.39, 0.29) is 23.3 Å². The molecule has 3 rings (SSSR count). The van der Waals surface area contributed by atoms with Crippen molar-refractivity contribution in [2.24, 2.45) is 0 Å². The van der Waals surface area contributed by atoms with E-state index in [1.807, 2.05) is 13.0 Å². The predicted molar refractivity (Wildman–Crippen MR) is 98.3 cm³/mol. The van der Waals surface area contributed by atoms with Crippen LogP contribution < -0.4 is 15.4 Å². The van der Waals surface area contributed by atoms with Gasteiger partial charge in [-0.15, -0.1) is 0 Å². The first-order chi connectivity index (χ1) is 12.2. The van der Waals surface area contributed by atoms with Gasteiger partial charge in [-0.1, -0.05) is 6.07 Å². The van der Waals surface area contributed by atoms with Gasteiger partial charge in [0.1, 0.15) is 17.3 Å². The lowest BCUT2D eigenvalue weighted by atomic mass is 10.00. The summed E-state index contributed by atoms with van der Waals surface area (Å²) >= 11 is 5.11. The minimum absolute atomic E-state index is 0.0113. The number of hydrazine groups is 1. The fourth-order valence-corrected chi connectivity index (χ4v) is 3.48. The number of benzene rings is 1. The smallest absolute Gasteiger partial charge is 0.248 e. The third kappa shape index (κ3) is 2.82. The second-order valence-corrected chi connectivity index (χ2v) is 7.17. The van der Waals surface area contributed by atoms with Crippen LogP contribution >= 0.6 is 12.2 Å². The molecule has 1 atom stereocenters. The highest BCUT2D eigenvalue weighted by Crippen LogP contribution is 2.34. The van der Waals surface area contributed by atoms with Gasteiger partial charge in [-0.25, -0.2) is 5.01 Å². The van der Waals surface area contributed by atoms with Crippen LogP contribution in [-0.2, 0) is 14.4 Å². The van der Waals surface area contributed by atoms with Gasteiger partial charge in [-0.05, 0) is 50.7 Å². The zero-order valence-corrected chi connectivity index (χ0v) is 15.8. The second-order valence-electron chi connectivity index (χ2n) is 6.78. The van der Waals surface area contributed by atoms with Gasteiger partial charge in [-0.3, -0.25) is 19.7 Å². The predicted octanol–water partition coefficient (Wildman–Crippen LogP) is 0.953. The number of amides is 3. The summed E-state index contributed by atoms with van der Waals surface area (Å²) in [5, 5.41) is 7.96. The van der Waals surface area contributed by atoms with E-state index >= 15 is 0 Å². The molecule has 0 bridgehead atoms. The van der Waals surface area contributed by atoms with Crippen molar-refractivity contribution >= 4 is 40.7 Å². The summed E-state index contributed by atoms with van der Waals surface area (Å²) in [6, 6.07) is 4.55. The highest BCUT2D eigenvalue weighted by atomic mass is 32.1. The van der Waals surface area contributed by atoms with Gasteiger partial charge in [0.05, 0.1) is 19.2 Å². The second kappa shape index (κ2) is 6.33. The molecule has 2 saturated heterocycles. The lowest BCUT2D eigenvalue weighted by molar-refractivity contribution is -0.154. The van der Waals surface area contributed by atoms with Gasteiger partial charge in [0, 0.05) is 0 Å². The van der Waals surface area contributed by atoms with Crippen molar-refractivity contribution in [1.29, 1.82) is 0 Å². The molecule has 0 aliphatic carbocycles. The molecule has 1 aromatic carbocycles. The molecule has 0 spiro atoms. The third-order valence-electron chi connectivity index (χ3n) is 4.57. The highest BCUT2D eigenvalue weighted by molar-refractivity contribution is 7.80. The number of nitrogens with one attached hydrogen (secondary N) is 2. The van der Waals surface area contributed by atoms with Crippen LogP contribution in [-0.4, -0.2) is 51.5 Å². The summed E-state index contributed by atoms with van der Waals surface area (Å²) in [5.74, 6) is -0.592. The molecule has 0 saturated carbocycles. The van der Waals surface area contributed by atoms with Crippen LogP contribution in [0.4, 0.5) is 5.69 Å². The minimum atomic E-state index is -1.10. The van der Waals surface area contributed by atoms with E-state index in [0.717, 1.165) is 5.56 Å². The Balaban J connectivity index is 1.92. The number of nitrogens with zero attached hydrogens (tertiary/aromatic N) is 2. The molecule has 0 aromatic heterocycles. The number of anilines is 1. The Morgan fingerprint density at radius 2 is 2.08 bits per heavy atom. The van der Waals surface area contributed by atoms with Crippen molar-refractivity contribution in [3.63, 3.8) is 0 Å². The zero-order valence-electron chi connectivity index (χ0n) is 15.0. The first-order valence-corrected chi connectivity index (χ1v) is 8.50. The molecule has 2 aliphatic rings. The van der Waals surface area contributed by atoms with Crippen LogP contribution in [0.2, 0.25) is 0 Å². The molecule has 2 N–H and O–H groups in total. The lowest BCUT2D eigenvalue weighted by Crippen LogP contribution is -2.71. The van der Waals surface area contributed by atoms with Gasteiger partial charge in [-0.2, -0.15) is 5.01 Å². The number of hydrogen-bond donors (Lipinski definition) is 2. The maximum atomic E-state index is 12.9. The van der Waals surface area contributed by atoms with E-state index in [9.17, 15) is 14.4 Å². The molecule has 9 heteroatoms. The maximum Gasteiger partial charge on any atom is 0.248 e. The fraction of sp³-hybridized carbons (Fsp3) is 0.412. The summed E-state index contributed by atoms with van der Waals surface area (Å²) in [4.78, 5) is 37.6. The molecule has 3 amide bonds. The lowest BCUT2D eigenvalue weighted by Gasteiger charge is -2.45. The molecular formula is C17H20N4O4S. The zero-order chi connectivity index (χ0) is 19.2. The maximum absolute atomic E-state index is 12.9. The van der Waals surface area contributed by atoms with Gasteiger partial charge < -0.3 is 10.1 Å². The summed E-state index contributed by atoms with van der Waals surface area (Å²) in [7, 11) is 1.51. The van der Waals surface area contributed by atoms with Crippen LogP contribution in [0.5, 0.6) is 5.75 Å². The van der Waals surface area contributed by atoms with Crippen LogP contribution in [0.1, 0.15) is 25.8 Å². The Morgan fingerprint density at radius 3 is 2.73 bits per heavy atom. The van der Waals surface area contributed by atoms with Crippen molar-refractivity contribution < 1.29 is 19.1 Å². The van der Waals surface area contributed by atoms with Crippen molar-refractivity contribution in [2.75, 3.05) is 12.4 Å². The topological polar surface area (TPSA) is 91.0 Å². The number of rotatable bonds is 3. The van der Waals surface area contributed by atoms with Gasteiger partial charge in [0.2, 0.25) is 17.7 Å². The van der Waals surface area contributed by atoms with Crippen molar-refractivity contribution in [3.8, 4) is 5.75 Å². The normalized spacial score (nSPS) is 22.1. The number of fused-ring (bicyclic) bond motifs is 1. The van der Waals surface area contributed by atoms with E-state index in [1.54, 1.807) is 26.0 Å². The molecule has 1 unspecified atom stereocenters. The molecule has 26 heavy (non-hydrogen) atoms. The van der Waals surface area contributed by atoms with Crippen LogP contribution in [0.3, 0.4) is 0 Å². The van der Waals surface area contributed by atoms with Crippen molar-refractivity contribution in [3.05, 3.63) is 23.8 Å². The van der Waals surface area contributed by atoms with Gasteiger partial charge in [0.15, 0.2) is 5.11 Å². The van der Waals surface area contributed by atoms with Gasteiger partial charge in [0.25, 0.3) is 0 Å². The molecular weight excluding hydrogens is 356 g/mol. The third-order valence-corrected chi connectivity index (χ3v) is 4.85. The molecule has 8 nitrogen and oxygen atoms in total. The summed E-state index contributed by atoms with van der Waals surface area (Å²) in [5.41, 5.74) is 0.349. The number of thiocarbonyl (C=S) groups is 1. The van der Waals surface area contributed by atoms with Crippen molar-refractivity contribution in [2.45, 2.75) is 38.8 Å². The number of carbonyl (C=O) groups excluding carboxylic acids is 3. The van der Waals surface area contributed by atoms with E-state index in [2.05, 4.69) is 10.6 Å². The van der Waals surface area contributed by atoms with E-state index in [4.69, 9.17) is 17.0 Å². The SMILES string of the molecule is COc1ccc(C)cc1NC(=O)C1CC(=O)N2C(=S)NC(=O)C(C)(C)N12. The number of ether oxygens (including phenoxy) is 1. The van der Waals surface area contributed by atoms with E-state index < -0.39 is 17.5 Å². The summed E-state index contributed by atoms with van der Waals surface area (Å²) < 4.78 is 5.28. The quantitative estimate of drug-likeness (QED) is 0.764. The Kier molecular flexibility index (Phi) is 4.45. The molecule has 1 aromatic rings. The van der Waals surface area contributed by atoms with Crippen molar-refractivity contribution in [1.82, 2.24) is 15.3 Å². The number of methoxy groups -OCH3 is 1. The Labute approximate surface area is 156 Å². The van der Waals surface area contributed by atoms with Gasteiger partial charge >= 0.3 is 0 Å². The average Bonchev–Trinajstić information content (AvgIpc) is 2.92. The molecule has 0 radical (unpaired) electrons.